The Morgan fingerprint density at radius 2 is 2.00 bits per heavy atom. The molecule has 0 saturated carbocycles. The third-order valence-corrected chi connectivity index (χ3v) is 5.25. The first kappa shape index (κ1) is 21.5. The molecule has 10 heteroatoms. The molecular weight excluding hydrogens is 361 g/mol. The fourth-order valence-electron chi connectivity index (χ4n) is 2.28. The van der Waals surface area contributed by atoms with Crippen molar-refractivity contribution in [1.82, 2.24) is 4.72 Å². The van der Waals surface area contributed by atoms with Crippen molar-refractivity contribution in [3.8, 4) is 0 Å². The molecule has 2 atom stereocenters. The number of aliphatic hydroxyl groups excluding tert-OH is 1. The molecule has 0 aliphatic carbocycles. The van der Waals surface area contributed by atoms with Gasteiger partial charge in [0.2, 0.25) is 0 Å². The second-order valence-electron chi connectivity index (χ2n) is 5.87. The van der Waals surface area contributed by atoms with Crippen molar-refractivity contribution in [3.05, 3.63) is 39.2 Å². The Morgan fingerprint density at radius 3 is 2.48 bits per heavy atom. The van der Waals surface area contributed by atoms with Crippen LogP contribution in [0.5, 0.6) is 0 Å². The highest BCUT2D eigenvalue weighted by Gasteiger charge is 2.53. The van der Waals surface area contributed by atoms with Crippen LogP contribution in [0, 0.1) is 22.9 Å². The van der Waals surface area contributed by atoms with Gasteiger partial charge in [-0.2, -0.15) is 0 Å². The molecule has 25 heavy (non-hydrogen) atoms. The first-order chi connectivity index (χ1) is 11.5. The quantitative estimate of drug-likeness (QED) is 0.507. The second-order valence-corrected chi connectivity index (χ2v) is 7.17. The molecule has 1 unspecified atom stereocenters. The summed E-state index contributed by atoms with van der Waals surface area (Å²) < 4.78 is 57.4. The Bertz CT molecular complexity index is 672. The number of aliphatic hydroxyl groups is 1. The summed E-state index contributed by atoms with van der Waals surface area (Å²) in [5, 5.41) is 20.1. The Hall–Kier alpha value is -1.52. The number of aryl methyl sites for hydroxylation is 1. The maximum atomic E-state index is 14.4. The molecule has 142 valence electrons. The second kappa shape index (κ2) is 8.24. The largest absolute Gasteiger partial charge is 0.390 e. The minimum atomic E-state index is -3.92. The summed E-state index contributed by atoms with van der Waals surface area (Å²) in [6, 6.07) is 1.47. The van der Waals surface area contributed by atoms with Crippen LogP contribution in [0.25, 0.3) is 0 Å². The normalized spacial score (nSPS) is 15.6. The highest BCUT2D eigenvalue weighted by atomic mass is 32.2. The highest BCUT2D eigenvalue weighted by molar-refractivity contribution is 7.83. The molecule has 1 aromatic rings. The zero-order valence-electron chi connectivity index (χ0n) is 14.1. The summed E-state index contributed by atoms with van der Waals surface area (Å²) in [6.45, 7) is 2.31. The minimum Gasteiger partial charge on any atom is -0.390 e. The summed E-state index contributed by atoms with van der Waals surface area (Å²) in [4.78, 5) is 10.2. The van der Waals surface area contributed by atoms with Gasteiger partial charge >= 0.3 is 0 Å². The Balaban J connectivity index is 3.50. The van der Waals surface area contributed by atoms with Gasteiger partial charge in [0, 0.05) is 22.9 Å². The fraction of sp³-hybridized carbons (Fsp3) is 0.600. The number of nitrogens with zero attached hydrogens (tertiary/aromatic N) is 1. The predicted octanol–water partition coefficient (Wildman–Crippen LogP) is 2.94. The van der Waals surface area contributed by atoms with E-state index in [0.717, 1.165) is 13.0 Å². The molecular formula is C15H21F3N2O4S. The zero-order chi connectivity index (χ0) is 19.4. The Labute approximate surface area is 146 Å². The van der Waals surface area contributed by atoms with Crippen LogP contribution in [0.1, 0.15) is 37.8 Å². The van der Waals surface area contributed by atoms with Crippen molar-refractivity contribution in [2.45, 2.75) is 45.1 Å². The predicted molar refractivity (Wildman–Crippen MR) is 88.2 cm³/mol. The van der Waals surface area contributed by atoms with Crippen LogP contribution in [-0.2, 0) is 16.5 Å². The van der Waals surface area contributed by atoms with Crippen LogP contribution >= 0.6 is 0 Å². The maximum absolute atomic E-state index is 14.4. The molecule has 0 heterocycles. The van der Waals surface area contributed by atoms with E-state index in [1.165, 1.54) is 6.92 Å². The average molecular weight is 382 g/mol. The lowest BCUT2D eigenvalue weighted by Crippen LogP contribution is -2.56. The molecule has 2 N–H and O–H groups in total. The van der Waals surface area contributed by atoms with Gasteiger partial charge in [-0.1, -0.05) is 13.3 Å². The lowest BCUT2D eigenvalue weighted by Gasteiger charge is -2.37. The number of nitro benzene ring substituents is 1. The molecule has 0 amide bonds. The topological polar surface area (TPSA) is 92.5 Å². The van der Waals surface area contributed by atoms with Crippen LogP contribution in [0.2, 0.25) is 0 Å². The standard InChI is InChI=1S/C15H21F3N2O4S/c1-4-5-6-25(24)19-14(3,15(17,18)9-21)11-8-13(20(22)23)10(2)7-12(11)16/h7-8,19,21H,4-6,9H2,1-3H3/t14-,25?/m1/s1. The highest BCUT2D eigenvalue weighted by Crippen LogP contribution is 2.40. The third-order valence-electron chi connectivity index (χ3n) is 3.95. The maximum Gasteiger partial charge on any atom is 0.293 e. The number of halogens is 3. The van der Waals surface area contributed by atoms with E-state index in [2.05, 4.69) is 4.72 Å². The fourth-order valence-corrected chi connectivity index (χ4v) is 3.65. The van der Waals surface area contributed by atoms with E-state index in [1.54, 1.807) is 0 Å². The number of unbranched alkanes of at least 4 members (excludes halogenated alkanes) is 1. The number of hydrogen-bond donors (Lipinski definition) is 2. The molecule has 0 fully saturated rings. The third kappa shape index (κ3) is 4.56. The van der Waals surface area contributed by atoms with Gasteiger partial charge in [0.25, 0.3) is 11.6 Å². The number of alkyl halides is 2. The number of nitro groups is 1. The Kier molecular flexibility index (Phi) is 7.09. The first-order valence-electron chi connectivity index (χ1n) is 7.60. The molecule has 1 aromatic carbocycles. The molecule has 0 aromatic heterocycles. The number of nitrogens with one attached hydrogen (secondary N) is 1. The summed E-state index contributed by atoms with van der Waals surface area (Å²) in [5.41, 5.74) is -3.90. The summed E-state index contributed by atoms with van der Waals surface area (Å²) in [6.07, 6.45) is 1.15. The van der Waals surface area contributed by atoms with Crippen molar-refractivity contribution >= 4 is 16.7 Å². The lowest BCUT2D eigenvalue weighted by molar-refractivity contribution is -0.385. The van der Waals surface area contributed by atoms with Gasteiger partial charge in [-0.05, 0) is 26.3 Å². The van der Waals surface area contributed by atoms with Gasteiger partial charge in [-0.15, -0.1) is 0 Å². The Morgan fingerprint density at radius 1 is 1.40 bits per heavy atom. The van der Waals surface area contributed by atoms with Crippen LogP contribution in [0.15, 0.2) is 12.1 Å². The first-order valence-corrected chi connectivity index (χ1v) is 8.92. The van der Waals surface area contributed by atoms with Crippen LogP contribution in [-0.4, -0.2) is 32.5 Å². The minimum absolute atomic E-state index is 0.0342. The van der Waals surface area contributed by atoms with Crippen LogP contribution in [0.4, 0.5) is 18.9 Å². The van der Waals surface area contributed by atoms with Gasteiger partial charge in [0.15, 0.2) is 0 Å². The van der Waals surface area contributed by atoms with E-state index in [0.29, 0.717) is 18.9 Å². The number of hydrogen-bond acceptors (Lipinski definition) is 4. The van der Waals surface area contributed by atoms with E-state index in [1.807, 2.05) is 6.92 Å². The summed E-state index contributed by atoms with van der Waals surface area (Å²) >= 11 is 0. The number of rotatable bonds is 9. The number of benzene rings is 1. The van der Waals surface area contributed by atoms with Crippen molar-refractivity contribution < 1.29 is 27.4 Å². The molecule has 0 radical (unpaired) electrons. The van der Waals surface area contributed by atoms with Gasteiger partial charge in [-0.3, -0.25) is 10.1 Å². The molecule has 6 nitrogen and oxygen atoms in total. The van der Waals surface area contributed by atoms with Crippen molar-refractivity contribution in [2.75, 3.05) is 12.4 Å². The van der Waals surface area contributed by atoms with E-state index in [4.69, 9.17) is 5.11 Å². The molecule has 0 saturated heterocycles. The van der Waals surface area contributed by atoms with Crippen molar-refractivity contribution in [3.63, 3.8) is 0 Å². The molecule has 0 aliphatic rings. The van der Waals surface area contributed by atoms with Gasteiger partial charge < -0.3 is 5.11 Å². The average Bonchev–Trinajstić information content (AvgIpc) is 2.52. The van der Waals surface area contributed by atoms with Crippen LogP contribution < -0.4 is 4.72 Å². The van der Waals surface area contributed by atoms with Gasteiger partial charge in [0.1, 0.15) is 18.0 Å². The lowest BCUT2D eigenvalue weighted by atomic mass is 9.85. The zero-order valence-corrected chi connectivity index (χ0v) is 15.0. The van der Waals surface area contributed by atoms with E-state index in [9.17, 15) is 27.5 Å². The molecule has 0 aliphatic heterocycles. The molecule has 0 spiro atoms. The van der Waals surface area contributed by atoms with Gasteiger partial charge in [-0.25, -0.2) is 22.1 Å². The smallest absolute Gasteiger partial charge is 0.293 e. The van der Waals surface area contributed by atoms with Crippen molar-refractivity contribution in [2.24, 2.45) is 0 Å². The molecule has 1 rings (SSSR count). The monoisotopic (exact) mass is 382 g/mol. The van der Waals surface area contributed by atoms with E-state index >= 15 is 0 Å². The molecule has 0 bridgehead atoms. The summed E-state index contributed by atoms with van der Waals surface area (Å²) in [7, 11) is -1.95. The van der Waals surface area contributed by atoms with E-state index < -0.39 is 51.0 Å². The van der Waals surface area contributed by atoms with Crippen molar-refractivity contribution in [1.29, 1.82) is 0 Å². The SMILES string of the molecule is CCCCS(=O)N[C@](C)(c1cc([N+](=O)[O-])c(C)cc1F)C(F)(F)CO. The van der Waals surface area contributed by atoms with E-state index in [-0.39, 0.29) is 11.3 Å². The summed E-state index contributed by atoms with van der Waals surface area (Å²) in [5.74, 6) is -4.99. The van der Waals surface area contributed by atoms with Crippen LogP contribution in [0.3, 0.4) is 0 Å². The van der Waals surface area contributed by atoms with Gasteiger partial charge in [0.05, 0.1) is 15.9 Å².